The Kier molecular flexibility index (Phi) is 7.65. The molecule has 190 valence electrons. The third-order valence-corrected chi connectivity index (χ3v) is 6.95. The molecule has 0 fully saturated rings. The highest BCUT2D eigenvalue weighted by Crippen LogP contribution is 2.45. The van der Waals surface area contributed by atoms with E-state index in [2.05, 4.69) is 21.2 Å². The molecule has 0 spiro atoms. The van der Waals surface area contributed by atoms with Crippen LogP contribution >= 0.6 is 15.9 Å². The number of carbonyl (C=O) groups is 3. The van der Waals surface area contributed by atoms with Gasteiger partial charge in [0.1, 0.15) is 13.2 Å². The summed E-state index contributed by atoms with van der Waals surface area (Å²) in [7, 11) is 0. The van der Waals surface area contributed by atoms with Gasteiger partial charge in [-0.05, 0) is 64.7 Å². The summed E-state index contributed by atoms with van der Waals surface area (Å²) in [6, 6.07) is 29.6. The van der Waals surface area contributed by atoms with Crippen LogP contribution in [0.1, 0.15) is 43.3 Å². The number of ether oxygens (including phenoxy) is 2. The lowest BCUT2D eigenvalue weighted by Gasteiger charge is -2.15. The van der Waals surface area contributed by atoms with E-state index in [4.69, 9.17) is 9.47 Å². The van der Waals surface area contributed by atoms with Crippen LogP contribution in [0.15, 0.2) is 102 Å². The average Bonchev–Trinajstić information content (AvgIpc) is 3.27. The first-order valence-corrected chi connectivity index (χ1v) is 13.0. The Morgan fingerprint density at radius 1 is 0.711 bits per heavy atom. The van der Waals surface area contributed by atoms with Crippen molar-refractivity contribution in [3.63, 3.8) is 0 Å². The van der Waals surface area contributed by atoms with Crippen LogP contribution in [0.5, 0.6) is 0 Å². The van der Waals surface area contributed by atoms with Crippen molar-refractivity contribution < 1.29 is 23.9 Å². The summed E-state index contributed by atoms with van der Waals surface area (Å²) in [5.41, 5.74) is 5.70. The number of halogens is 1. The van der Waals surface area contributed by atoms with E-state index in [1.165, 1.54) is 0 Å². The lowest BCUT2D eigenvalue weighted by molar-refractivity contribution is 0.0504. The standard InChI is InChI=1S/C31H24BrNO5/c32-23-13-10-20(11-14-23)29(34)22-12-15-26-27(18-22)24-8-4-5-9-25(24)28(26)19-38-31(36)33-16-17-37-30(35)21-6-2-1-3-7-21/h1-15,18,28H,16-17,19H2,(H,33,36). The second-order valence-corrected chi connectivity index (χ2v) is 9.72. The molecule has 6 nitrogen and oxygen atoms in total. The van der Waals surface area contributed by atoms with Gasteiger partial charge in [0.15, 0.2) is 5.78 Å². The van der Waals surface area contributed by atoms with Crippen LogP contribution in [0.2, 0.25) is 0 Å². The average molecular weight is 570 g/mol. The van der Waals surface area contributed by atoms with Gasteiger partial charge in [-0.15, -0.1) is 0 Å². The smallest absolute Gasteiger partial charge is 0.407 e. The van der Waals surface area contributed by atoms with Gasteiger partial charge in [-0.1, -0.05) is 70.5 Å². The minimum absolute atomic E-state index is 0.0348. The zero-order valence-corrected chi connectivity index (χ0v) is 21.9. The molecule has 0 bridgehead atoms. The van der Waals surface area contributed by atoms with Crippen LogP contribution < -0.4 is 5.32 Å². The molecule has 5 rings (SSSR count). The van der Waals surface area contributed by atoms with Crippen LogP contribution in [0, 0.1) is 0 Å². The quantitative estimate of drug-likeness (QED) is 0.151. The summed E-state index contributed by atoms with van der Waals surface area (Å²) >= 11 is 3.40. The number of alkyl carbamates (subject to hydrolysis) is 1. The predicted molar refractivity (Wildman–Crippen MR) is 147 cm³/mol. The lowest BCUT2D eigenvalue weighted by Crippen LogP contribution is -2.29. The first-order valence-electron chi connectivity index (χ1n) is 12.2. The monoisotopic (exact) mass is 569 g/mol. The Balaban J connectivity index is 1.22. The van der Waals surface area contributed by atoms with E-state index in [0.717, 1.165) is 26.7 Å². The molecule has 1 atom stereocenters. The first kappa shape index (κ1) is 25.4. The molecular weight excluding hydrogens is 546 g/mol. The first-order chi connectivity index (χ1) is 18.5. The molecular formula is C31H24BrNO5. The van der Waals surface area contributed by atoms with Gasteiger partial charge < -0.3 is 14.8 Å². The van der Waals surface area contributed by atoms with Crippen molar-refractivity contribution in [1.82, 2.24) is 5.32 Å². The molecule has 0 radical (unpaired) electrons. The van der Waals surface area contributed by atoms with Gasteiger partial charge in [0.2, 0.25) is 0 Å². The molecule has 4 aromatic carbocycles. The molecule has 1 amide bonds. The highest BCUT2D eigenvalue weighted by Gasteiger charge is 2.30. The number of hydrogen-bond acceptors (Lipinski definition) is 5. The number of carbonyl (C=O) groups excluding carboxylic acids is 3. The Morgan fingerprint density at radius 2 is 1.39 bits per heavy atom. The molecule has 0 saturated carbocycles. The minimum atomic E-state index is -0.589. The van der Waals surface area contributed by atoms with Crippen molar-refractivity contribution in [3.05, 3.63) is 129 Å². The SMILES string of the molecule is O=C(NCCOC(=O)c1ccccc1)OCC1c2ccccc2-c2cc(C(=O)c3ccc(Br)cc3)ccc21. The second kappa shape index (κ2) is 11.4. The molecule has 0 saturated heterocycles. The molecule has 4 aromatic rings. The summed E-state index contributed by atoms with van der Waals surface area (Å²) in [4.78, 5) is 37.4. The minimum Gasteiger partial charge on any atom is -0.460 e. The Bertz CT molecular complexity index is 1480. The maximum Gasteiger partial charge on any atom is 0.407 e. The van der Waals surface area contributed by atoms with Crippen LogP contribution in [0.25, 0.3) is 11.1 Å². The fourth-order valence-electron chi connectivity index (χ4n) is 4.56. The van der Waals surface area contributed by atoms with Crippen molar-refractivity contribution in [2.24, 2.45) is 0 Å². The van der Waals surface area contributed by atoms with Crippen molar-refractivity contribution in [1.29, 1.82) is 0 Å². The van der Waals surface area contributed by atoms with E-state index in [1.807, 2.05) is 60.7 Å². The van der Waals surface area contributed by atoms with E-state index in [9.17, 15) is 14.4 Å². The molecule has 0 aliphatic heterocycles. The highest BCUT2D eigenvalue weighted by molar-refractivity contribution is 9.10. The van der Waals surface area contributed by atoms with E-state index >= 15 is 0 Å². The van der Waals surface area contributed by atoms with Gasteiger partial charge in [0.05, 0.1) is 12.1 Å². The normalized spacial score (nSPS) is 13.2. The van der Waals surface area contributed by atoms with Crippen molar-refractivity contribution >= 4 is 33.8 Å². The zero-order chi connectivity index (χ0) is 26.5. The van der Waals surface area contributed by atoms with Crippen molar-refractivity contribution in [2.75, 3.05) is 19.8 Å². The van der Waals surface area contributed by atoms with Gasteiger partial charge >= 0.3 is 12.1 Å². The van der Waals surface area contributed by atoms with Crippen LogP contribution in [-0.2, 0) is 9.47 Å². The van der Waals surface area contributed by atoms with Crippen molar-refractivity contribution in [2.45, 2.75) is 5.92 Å². The van der Waals surface area contributed by atoms with E-state index in [-0.39, 0.29) is 31.5 Å². The van der Waals surface area contributed by atoms with E-state index in [0.29, 0.717) is 16.7 Å². The lowest BCUT2D eigenvalue weighted by atomic mass is 9.95. The number of hydrogen-bond donors (Lipinski definition) is 1. The van der Waals surface area contributed by atoms with Gasteiger partial charge in [-0.2, -0.15) is 0 Å². The largest absolute Gasteiger partial charge is 0.460 e. The Hall–Kier alpha value is -4.23. The molecule has 1 N–H and O–H groups in total. The second-order valence-electron chi connectivity index (χ2n) is 8.81. The Labute approximate surface area is 228 Å². The number of nitrogens with one attached hydrogen (secondary N) is 1. The molecule has 7 heteroatoms. The summed E-state index contributed by atoms with van der Waals surface area (Å²) < 4.78 is 11.6. The maximum absolute atomic E-state index is 13.1. The van der Waals surface area contributed by atoms with Crippen LogP contribution in [0.4, 0.5) is 4.79 Å². The molecule has 1 unspecified atom stereocenters. The number of fused-ring (bicyclic) bond motifs is 3. The Morgan fingerprint density at radius 3 is 2.18 bits per heavy atom. The number of ketones is 1. The zero-order valence-electron chi connectivity index (χ0n) is 20.4. The fourth-order valence-corrected chi connectivity index (χ4v) is 4.82. The number of amides is 1. The van der Waals surface area contributed by atoms with Gasteiger partial charge in [0.25, 0.3) is 0 Å². The van der Waals surface area contributed by atoms with Crippen LogP contribution in [0.3, 0.4) is 0 Å². The van der Waals surface area contributed by atoms with E-state index in [1.54, 1.807) is 36.4 Å². The number of benzene rings is 4. The summed E-state index contributed by atoms with van der Waals surface area (Å²) in [5.74, 6) is -0.651. The van der Waals surface area contributed by atoms with Gasteiger partial charge in [-0.3, -0.25) is 4.79 Å². The molecule has 0 heterocycles. The fraction of sp³-hybridized carbons (Fsp3) is 0.129. The van der Waals surface area contributed by atoms with Gasteiger partial charge in [0, 0.05) is 21.5 Å². The van der Waals surface area contributed by atoms with Crippen LogP contribution in [-0.4, -0.2) is 37.6 Å². The third-order valence-electron chi connectivity index (χ3n) is 6.42. The summed E-state index contributed by atoms with van der Waals surface area (Å²) in [6.07, 6.45) is -0.589. The molecule has 1 aliphatic carbocycles. The molecule has 0 aromatic heterocycles. The number of esters is 1. The topological polar surface area (TPSA) is 81.7 Å². The third kappa shape index (κ3) is 5.53. The number of rotatable bonds is 8. The summed E-state index contributed by atoms with van der Waals surface area (Å²) in [5, 5.41) is 2.62. The molecule has 1 aliphatic rings. The van der Waals surface area contributed by atoms with E-state index < -0.39 is 12.1 Å². The maximum atomic E-state index is 13.1. The predicted octanol–water partition coefficient (Wildman–Crippen LogP) is 6.38. The van der Waals surface area contributed by atoms with Gasteiger partial charge in [-0.25, -0.2) is 9.59 Å². The highest BCUT2D eigenvalue weighted by atomic mass is 79.9. The van der Waals surface area contributed by atoms with Crippen molar-refractivity contribution in [3.8, 4) is 11.1 Å². The summed E-state index contributed by atoms with van der Waals surface area (Å²) in [6.45, 7) is 0.309. The molecule has 38 heavy (non-hydrogen) atoms.